The van der Waals surface area contributed by atoms with E-state index >= 15 is 0 Å². The number of halogens is 1. The number of hydroxylamine groups is 2. The van der Waals surface area contributed by atoms with E-state index in [0.29, 0.717) is 6.04 Å². The van der Waals surface area contributed by atoms with Crippen molar-refractivity contribution in [1.82, 2.24) is 5.06 Å². The Hall–Kier alpha value is -1.94. The number of piperidine rings is 1. The van der Waals surface area contributed by atoms with Gasteiger partial charge in [-0.05, 0) is 41.9 Å². The molecule has 2 unspecified atom stereocenters. The molecule has 5 rings (SSSR count). The van der Waals surface area contributed by atoms with E-state index in [9.17, 15) is 0 Å². The van der Waals surface area contributed by atoms with E-state index in [1.807, 2.05) is 0 Å². The van der Waals surface area contributed by atoms with E-state index in [-0.39, 0.29) is 17.0 Å². The second kappa shape index (κ2) is 8.83. The maximum Gasteiger partial charge on any atom is 0.144 e. The van der Waals surface area contributed by atoms with Gasteiger partial charge in [-0.2, -0.15) is 5.06 Å². The van der Waals surface area contributed by atoms with Gasteiger partial charge in [0.15, 0.2) is 0 Å². The normalized spacial score (nSPS) is 21.1. The molecular formula is C26H28BrNO. The van der Waals surface area contributed by atoms with E-state index in [4.69, 9.17) is 4.84 Å². The molecule has 1 heterocycles. The second-order valence-corrected chi connectivity index (χ2v) is 8.25. The van der Waals surface area contributed by atoms with Crippen molar-refractivity contribution in [1.29, 1.82) is 0 Å². The molecule has 1 aliphatic heterocycles. The maximum absolute atomic E-state index is 7.04. The van der Waals surface area contributed by atoms with E-state index < -0.39 is 5.60 Å². The fraction of sp³-hybridized carbons (Fsp3) is 0.308. The fourth-order valence-electron chi connectivity index (χ4n) is 5.00. The molecule has 3 aromatic rings. The predicted octanol–water partition coefficient (Wildman–Crippen LogP) is 6.17. The molecule has 150 valence electrons. The highest BCUT2D eigenvalue weighted by Gasteiger charge is 2.45. The van der Waals surface area contributed by atoms with E-state index in [2.05, 4.69) is 96.1 Å². The van der Waals surface area contributed by atoms with Crippen LogP contribution < -0.4 is 0 Å². The van der Waals surface area contributed by atoms with Crippen molar-refractivity contribution in [3.05, 3.63) is 108 Å². The third kappa shape index (κ3) is 4.05. The second-order valence-electron chi connectivity index (χ2n) is 8.25. The molecule has 2 atom stereocenters. The van der Waals surface area contributed by atoms with Gasteiger partial charge in [-0.15, -0.1) is 17.0 Å². The van der Waals surface area contributed by atoms with Crippen LogP contribution in [0, 0.1) is 5.92 Å². The average molecular weight is 450 g/mol. The largest absolute Gasteiger partial charge is 0.282 e. The molecule has 3 aromatic carbocycles. The Morgan fingerprint density at radius 3 is 1.79 bits per heavy atom. The van der Waals surface area contributed by atoms with Crippen LogP contribution in [0.2, 0.25) is 0 Å². The summed E-state index contributed by atoms with van der Waals surface area (Å²) in [4.78, 5) is 7.04. The topological polar surface area (TPSA) is 12.5 Å². The minimum atomic E-state index is -0.519. The summed E-state index contributed by atoms with van der Waals surface area (Å²) in [5.41, 5.74) is 3.20. The van der Waals surface area contributed by atoms with Gasteiger partial charge in [0.1, 0.15) is 5.60 Å². The van der Waals surface area contributed by atoms with Crippen molar-refractivity contribution >= 4 is 17.0 Å². The van der Waals surface area contributed by atoms with Crippen molar-refractivity contribution in [2.45, 2.75) is 37.3 Å². The van der Waals surface area contributed by atoms with Gasteiger partial charge >= 0.3 is 0 Å². The van der Waals surface area contributed by atoms with Crippen LogP contribution in [0.3, 0.4) is 0 Å². The number of rotatable bonds is 6. The van der Waals surface area contributed by atoms with Crippen LogP contribution in [0.1, 0.15) is 36.0 Å². The van der Waals surface area contributed by atoms with Crippen LogP contribution in [-0.2, 0) is 16.9 Å². The third-order valence-corrected chi connectivity index (χ3v) is 6.41. The van der Waals surface area contributed by atoms with Crippen molar-refractivity contribution in [2.75, 3.05) is 6.54 Å². The summed E-state index contributed by atoms with van der Waals surface area (Å²) in [6.45, 7) is 1.06. The summed E-state index contributed by atoms with van der Waals surface area (Å²) in [6.07, 6.45) is 4.71. The average Bonchev–Trinajstić information content (AvgIpc) is 3.38. The summed E-state index contributed by atoms with van der Waals surface area (Å²) in [7, 11) is 0. The molecule has 0 spiro atoms. The van der Waals surface area contributed by atoms with Gasteiger partial charge in [-0.25, -0.2) is 0 Å². The van der Waals surface area contributed by atoms with Crippen LogP contribution in [0.15, 0.2) is 91.0 Å². The zero-order valence-corrected chi connectivity index (χ0v) is 18.3. The molecule has 1 aliphatic carbocycles. The Labute approximate surface area is 184 Å². The lowest BCUT2D eigenvalue weighted by molar-refractivity contribution is -0.251. The van der Waals surface area contributed by atoms with Crippen LogP contribution in [0.4, 0.5) is 0 Å². The maximum atomic E-state index is 7.04. The molecular weight excluding hydrogens is 422 g/mol. The van der Waals surface area contributed by atoms with Crippen molar-refractivity contribution in [3.8, 4) is 0 Å². The number of fused-ring (bicyclic) bond motifs is 2. The first kappa shape index (κ1) is 20.3. The lowest BCUT2D eigenvalue weighted by atomic mass is 9.81. The van der Waals surface area contributed by atoms with E-state index in [1.54, 1.807) is 0 Å². The zero-order valence-electron chi connectivity index (χ0n) is 16.6. The van der Waals surface area contributed by atoms with Crippen LogP contribution in [0.5, 0.6) is 0 Å². The molecule has 2 nitrogen and oxygen atoms in total. The minimum Gasteiger partial charge on any atom is -0.282 e. The molecule has 0 radical (unpaired) electrons. The minimum absolute atomic E-state index is 0. The smallest absolute Gasteiger partial charge is 0.144 e. The molecule has 0 amide bonds. The van der Waals surface area contributed by atoms with Crippen molar-refractivity contribution < 1.29 is 4.84 Å². The lowest BCUT2D eigenvalue weighted by Crippen LogP contribution is -2.44. The molecule has 0 N–H and O–H groups in total. The highest BCUT2D eigenvalue weighted by atomic mass is 79.9. The summed E-state index contributed by atoms with van der Waals surface area (Å²) < 4.78 is 0. The Morgan fingerprint density at radius 2 is 1.31 bits per heavy atom. The van der Waals surface area contributed by atoms with Crippen molar-refractivity contribution in [3.63, 3.8) is 0 Å². The summed E-state index contributed by atoms with van der Waals surface area (Å²) in [6, 6.07) is 32.8. The Morgan fingerprint density at radius 1 is 0.759 bits per heavy atom. The van der Waals surface area contributed by atoms with Crippen molar-refractivity contribution in [2.24, 2.45) is 5.92 Å². The first-order valence-corrected chi connectivity index (χ1v) is 10.4. The SMILES string of the molecule is Br.c1ccc(CC(ON2CC3CCC2C3)(c2ccccc2)c2ccccc2)cc1. The van der Waals surface area contributed by atoms with Gasteiger partial charge in [-0.3, -0.25) is 4.84 Å². The number of nitrogens with zero attached hydrogens (tertiary/aromatic N) is 1. The van der Waals surface area contributed by atoms with E-state index in [0.717, 1.165) is 18.9 Å². The first-order valence-electron chi connectivity index (χ1n) is 10.4. The zero-order chi connectivity index (χ0) is 18.8. The predicted molar refractivity (Wildman–Crippen MR) is 123 cm³/mol. The quantitative estimate of drug-likeness (QED) is 0.446. The molecule has 3 heteroatoms. The molecule has 2 fully saturated rings. The standard InChI is InChI=1S/C26H27NO.BrH/c1-4-10-21(11-5-1)19-26(23-12-6-2-7-13-23,24-14-8-3-9-15-24)28-27-20-22-16-17-25(27)18-22;/h1-15,22,25H,16-20H2;1H. The van der Waals surface area contributed by atoms with Crippen LogP contribution in [0.25, 0.3) is 0 Å². The first-order chi connectivity index (χ1) is 13.8. The molecule has 2 bridgehead atoms. The molecule has 2 aliphatic rings. The van der Waals surface area contributed by atoms with Gasteiger partial charge in [0, 0.05) is 19.0 Å². The number of benzene rings is 3. The monoisotopic (exact) mass is 449 g/mol. The van der Waals surface area contributed by atoms with Gasteiger partial charge in [0.25, 0.3) is 0 Å². The number of hydrogen-bond donors (Lipinski definition) is 0. The highest BCUT2D eigenvalue weighted by Crippen LogP contribution is 2.44. The molecule has 1 saturated heterocycles. The summed E-state index contributed by atoms with van der Waals surface area (Å²) in [5.74, 6) is 0.797. The Kier molecular flexibility index (Phi) is 6.19. The van der Waals surface area contributed by atoms with Gasteiger partial charge in [0.2, 0.25) is 0 Å². The molecule has 0 aromatic heterocycles. The summed E-state index contributed by atoms with van der Waals surface area (Å²) in [5, 5.41) is 2.30. The third-order valence-electron chi connectivity index (χ3n) is 6.41. The lowest BCUT2D eigenvalue weighted by Gasteiger charge is -2.40. The van der Waals surface area contributed by atoms with Gasteiger partial charge in [0.05, 0.1) is 0 Å². The fourth-order valence-corrected chi connectivity index (χ4v) is 5.00. The number of hydrogen-bond acceptors (Lipinski definition) is 2. The molecule has 29 heavy (non-hydrogen) atoms. The Bertz CT molecular complexity index is 860. The highest BCUT2D eigenvalue weighted by molar-refractivity contribution is 8.93. The summed E-state index contributed by atoms with van der Waals surface area (Å²) >= 11 is 0. The van der Waals surface area contributed by atoms with Crippen LogP contribution in [-0.4, -0.2) is 17.6 Å². The molecule has 1 saturated carbocycles. The van der Waals surface area contributed by atoms with Gasteiger partial charge in [-0.1, -0.05) is 91.0 Å². The Balaban J connectivity index is 0.00000205. The van der Waals surface area contributed by atoms with Gasteiger partial charge < -0.3 is 0 Å². The van der Waals surface area contributed by atoms with E-state index in [1.165, 1.54) is 36.0 Å². The van der Waals surface area contributed by atoms with Crippen LogP contribution >= 0.6 is 17.0 Å².